The molecule has 2 fully saturated rings. The van der Waals surface area contributed by atoms with Crippen LogP contribution in [0, 0.1) is 13.8 Å². The molecule has 3 rings (SSSR count). The maximum absolute atomic E-state index is 12.5. The van der Waals surface area contributed by atoms with Gasteiger partial charge in [-0.15, -0.1) is 0 Å². The molecule has 2 atom stereocenters. The molecule has 0 saturated carbocycles. The second-order valence-corrected chi connectivity index (χ2v) is 5.62. The summed E-state index contributed by atoms with van der Waals surface area (Å²) in [6.07, 6.45) is 3.47. The van der Waals surface area contributed by atoms with Crippen LogP contribution in [0.1, 0.15) is 41.3 Å². The summed E-state index contributed by atoms with van der Waals surface area (Å²) in [6, 6.07) is 2.84. The van der Waals surface area contributed by atoms with Crippen LogP contribution in [0.5, 0.6) is 0 Å². The van der Waals surface area contributed by atoms with E-state index in [9.17, 15) is 4.79 Å². The zero-order valence-electron chi connectivity index (χ0n) is 11.5. The summed E-state index contributed by atoms with van der Waals surface area (Å²) >= 11 is 0. The molecule has 0 radical (unpaired) electrons. The second kappa shape index (κ2) is 4.89. The minimum absolute atomic E-state index is 0.0444. The van der Waals surface area contributed by atoms with Crippen LogP contribution in [0.4, 0.5) is 0 Å². The maximum atomic E-state index is 12.5. The first kappa shape index (κ1) is 12.5. The van der Waals surface area contributed by atoms with Gasteiger partial charge in [-0.2, -0.15) is 0 Å². The predicted molar refractivity (Wildman–Crippen MR) is 72.0 cm³/mol. The van der Waals surface area contributed by atoms with Crippen molar-refractivity contribution in [3.63, 3.8) is 0 Å². The molecule has 0 aromatic carbocycles. The quantitative estimate of drug-likeness (QED) is 0.820. The summed E-state index contributed by atoms with van der Waals surface area (Å²) in [5, 5.41) is 3.59. The van der Waals surface area contributed by atoms with Gasteiger partial charge in [0.05, 0.1) is 0 Å². The highest BCUT2D eigenvalue weighted by molar-refractivity contribution is 5.92. The average Bonchev–Trinajstić information content (AvgIpc) is 2.67. The van der Waals surface area contributed by atoms with E-state index in [1.807, 2.05) is 18.7 Å². The Balaban J connectivity index is 1.79. The van der Waals surface area contributed by atoms with Gasteiger partial charge in [0.2, 0.25) is 0 Å². The van der Waals surface area contributed by atoms with Crippen LogP contribution in [0.25, 0.3) is 0 Å². The largest absolute Gasteiger partial charge is 0.336 e. The minimum Gasteiger partial charge on any atom is -0.336 e. The molecule has 0 spiro atoms. The third-order valence-corrected chi connectivity index (χ3v) is 4.00. The second-order valence-electron chi connectivity index (χ2n) is 5.62. The molecule has 2 saturated heterocycles. The van der Waals surface area contributed by atoms with Crippen molar-refractivity contribution in [1.29, 1.82) is 0 Å². The maximum Gasteiger partial charge on any atom is 0.272 e. The van der Waals surface area contributed by atoms with E-state index in [-0.39, 0.29) is 5.91 Å². The van der Waals surface area contributed by atoms with Crippen LogP contribution in [0.2, 0.25) is 0 Å². The van der Waals surface area contributed by atoms with Gasteiger partial charge < -0.3 is 10.2 Å². The first-order valence-corrected chi connectivity index (χ1v) is 6.99. The third-order valence-electron chi connectivity index (χ3n) is 4.00. The van der Waals surface area contributed by atoms with Gasteiger partial charge >= 0.3 is 0 Å². The van der Waals surface area contributed by atoms with Gasteiger partial charge in [-0.05, 0) is 39.2 Å². The summed E-state index contributed by atoms with van der Waals surface area (Å²) in [4.78, 5) is 23.0. The first-order chi connectivity index (χ1) is 9.11. The van der Waals surface area contributed by atoms with Crippen molar-refractivity contribution in [1.82, 2.24) is 20.2 Å². The van der Waals surface area contributed by atoms with Crippen molar-refractivity contribution in [3.05, 3.63) is 23.3 Å². The van der Waals surface area contributed by atoms with Crippen LogP contribution >= 0.6 is 0 Å². The molecular formula is C14H20N4O. The molecule has 5 heteroatoms. The van der Waals surface area contributed by atoms with Crippen LogP contribution in [-0.2, 0) is 0 Å². The molecule has 3 heterocycles. The molecule has 2 bridgehead atoms. The van der Waals surface area contributed by atoms with E-state index in [0.29, 0.717) is 23.6 Å². The van der Waals surface area contributed by atoms with Gasteiger partial charge in [-0.1, -0.05) is 0 Å². The van der Waals surface area contributed by atoms with Crippen LogP contribution in [-0.4, -0.2) is 45.9 Å². The van der Waals surface area contributed by atoms with Crippen LogP contribution in [0.3, 0.4) is 0 Å². The molecular weight excluding hydrogens is 240 g/mol. The number of amides is 1. The zero-order valence-corrected chi connectivity index (χ0v) is 11.5. The highest BCUT2D eigenvalue weighted by atomic mass is 16.2. The highest BCUT2D eigenvalue weighted by Crippen LogP contribution is 2.21. The molecule has 2 aliphatic heterocycles. The highest BCUT2D eigenvalue weighted by Gasteiger charge is 2.31. The lowest BCUT2D eigenvalue weighted by Crippen LogP contribution is -2.39. The van der Waals surface area contributed by atoms with Gasteiger partial charge in [0, 0.05) is 30.9 Å². The Morgan fingerprint density at radius 2 is 2.05 bits per heavy atom. The molecule has 1 N–H and O–H groups in total. The van der Waals surface area contributed by atoms with Crippen molar-refractivity contribution >= 4 is 5.91 Å². The van der Waals surface area contributed by atoms with Crippen molar-refractivity contribution < 1.29 is 4.79 Å². The number of aromatic nitrogens is 2. The Kier molecular flexibility index (Phi) is 3.22. The van der Waals surface area contributed by atoms with Crippen molar-refractivity contribution in [2.24, 2.45) is 0 Å². The topological polar surface area (TPSA) is 58.1 Å². The number of hydrogen-bond donors (Lipinski definition) is 1. The number of rotatable bonds is 1. The van der Waals surface area contributed by atoms with E-state index in [1.165, 1.54) is 12.8 Å². The Bertz CT molecular complexity index is 482. The molecule has 19 heavy (non-hydrogen) atoms. The molecule has 5 nitrogen and oxygen atoms in total. The fourth-order valence-electron chi connectivity index (χ4n) is 3.12. The Labute approximate surface area is 113 Å². The van der Waals surface area contributed by atoms with E-state index < -0.39 is 0 Å². The standard InChI is InChI=1S/C14H20N4O/c1-9-7-13(16-10(2)15-9)14(19)18-6-5-11-3-4-12(8-18)17-11/h7,11-12,17H,3-6,8H2,1-2H3/t11-,12+/m0/s1. The van der Waals surface area contributed by atoms with Crippen molar-refractivity contribution in [2.75, 3.05) is 13.1 Å². The smallest absolute Gasteiger partial charge is 0.272 e. The number of fused-ring (bicyclic) bond motifs is 2. The van der Waals surface area contributed by atoms with Crippen LogP contribution < -0.4 is 5.32 Å². The summed E-state index contributed by atoms with van der Waals surface area (Å²) in [5.74, 6) is 0.709. The lowest BCUT2D eigenvalue weighted by molar-refractivity contribution is 0.0741. The SMILES string of the molecule is Cc1cc(C(=O)N2CC[C@@H]3CC[C@H](C2)N3)nc(C)n1. The number of hydrogen-bond acceptors (Lipinski definition) is 4. The number of carbonyl (C=O) groups is 1. The van der Waals surface area contributed by atoms with Gasteiger partial charge in [-0.25, -0.2) is 9.97 Å². The Hall–Kier alpha value is -1.49. The van der Waals surface area contributed by atoms with Crippen LogP contribution in [0.15, 0.2) is 6.07 Å². The fraction of sp³-hybridized carbons (Fsp3) is 0.643. The average molecular weight is 260 g/mol. The normalized spacial score (nSPS) is 26.3. The van der Waals surface area contributed by atoms with E-state index in [0.717, 1.165) is 25.2 Å². The summed E-state index contributed by atoms with van der Waals surface area (Å²) in [7, 11) is 0. The molecule has 1 aromatic heterocycles. The van der Waals surface area contributed by atoms with E-state index >= 15 is 0 Å². The monoisotopic (exact) mass is 260 g/mol. The Morgan fingerprint density at radius 1 is 1.26 bits per heavy atom. The van der Waals surface area contributed by atoms with E-state index in [1.54, 1.807) is 6.07 Å². The predicted octanol–water partition coefficient (Wildman–Crippen LogP) is 1.06. The number of aryl methyl sites for hydroxylation is 2. The zero-order chi connectivity index (χ0) is 13.4. The van der Waals surface area contributed by atoms with Crippen molar-refractivity contribution in [3.8, 4) is 0 Å². The molecule has 1 aromatic rings. The molecule has 0 unspecified atom stereocenters. The van der Waals surface area contributed by atoms with E-state index in [2.05, 4.69) is 15.3 Å². The molecule has 0 aliphatic carbocycles. The third kappa shape index (κ3) is 2.61. The van der Waals surface area contributed by atoms with Gasteiger partial charge in [0.25, 0.3) is 5.91 Å². The van der Waals surface area contributed by atoms with Crippen molar-refractivity contribution in [2.45, 2.75) is 45.2 Å². The fourth-order valence-corrected chi connectivity index (χ4v) is 3.12. The Morgan fingerprint density at radius 3 is 2.84 bits per heavy atom. The van der Waals surface area contributed by atoms with Gasteiger partial charge in [-0.3, -0.25) is 4.79 Å². The lowest BCUT2D eigenvalue weighted by Gasteiger charge is -2.24. The summed E-state index contributed by atoms with van der Waals surface area (Å²) in [5.41, 5.74) is 1.38. The summed E-state index contributed by atoms with van der Waals surface area (Å²) in [6.45, 7) is 5.36. The number of likely N-dealkylation sites (tertiary alicyclic amines) is 1. The van der Waals surface area contributed by atoms with Gasteiger partial charge in [0.15, 0.2) is 0 Å². The minimum atomic E-state index is 0.0444. The van der Waals surface area contributed by atoms with E-state index in [4.69, 9.17) is 0 Å². The molecule has 2 aliphatic rings. The first-order valence-electron chi connectivity index (χ1n) is 6.99. The number of nitrogens with zero attached hydrogens (tertiary/aromatic N) is 3. The lowest BCUT2D eigenvalue weighted by atomic mass is 10.1. The molecule has 102 valence electrons. The van der Waals surface area contributed by atoms with Gasteiger partial charge in [0.1, 0.15) is 11.5 Å². The number of carbonyl (C=O) groups excluding carboxylic acids is 1. The summed E-state index contributed by atoms with van der Waals surface area (Å²) < 4.78 is 0. The number of nitrogens with one attached hydrogen (secondary N) is 1. The molecule has 1 amide bonds.